The summed E-state index contributed by atoms with van der Waals surface area (Å²) in [7, 11) is 1.44. The molecule has 3 saturated heterocycles. The second kappa shape index (κ2) is 18.3. The molecule has 0 N–H and O–H groups in total. The largest absolute Gasteiger partial charge is 0.496 e. The van der Waals surface area contributed by atoms with E-state index < -0.39 is 43.2 Å². The summed E-state index contributed by atoms with van der Waals surface area (Å²) in [5.74, 6) is 0.667. The van der Waals surface area contributed by atoms with Gasteiger partial charge in [0.2, 0.25) is 11.8 Å². The third-order valence-corrected chi connectivity index (χ3v) is 15.1. The van der Waals surface area contributed by atoms with Gasteiger partial charge in [-0.1, -0.05) is 12.8 Å². The predicted molar refractivity (Wildman–Crippen MR) is 241 cm³/mol. The average molecular weight is 929 g/mol. The number of rotatable bonds is 10. The Labute approximate surface area is 378 Å². The van der Waals surface area contributed by atoms with Gasteiger partial charge in [-0.25, -0.2) is 9.97 Å². The Bertz CT molecular complexity index is 1850. The molecule has 342 valence electrons. The van der Waals surface area contributed by atoms with E-state index in [0.29, 0.717) is 25.0 Å². The van der Waals surface area contributed by atoms with Crippen LogP contribution in [0, 0.1) is 24.7 Å². The highest BCUT2D eigenvalue weighted by Crippen LogP contribution is 2.45. The van der Waals surface area contributed by atoms with Gasteiger partial charge < -0.3 is 46.9 Å². The lowest BCUT2D eigenvalue weighted by Crippen LogP contribution is -2.44. The average Bonchev–Trinajstić information content (AvgIpc) is 3.61. The van der Waals surface area contributed by atoms with Crippen molar-refractivity contribution in [3.8, 4) is 11.8 Å². The summed E-state index contributed by atoms with van der Waals surface area (Å²) >= 11 is 3.39. The molecular weight excluding hydrogens is 861 g/mol. The minimum Gasteiger partial charge on any atom is -0.476 e. The van der Waals surface area contributed by atoms with Gasteiger partial charge in [-0.3, -0.25) is 9.59 Å². The summed E-state index contributed by atoms with van der Waals surface area (Å²) in [6.07, 6.45) is 8.76. The molecule has 0 bridgehead atoms. The van der Waals surface area contributed by atoms with Crippen molar-refractivity contribution in [2.45, 2.75) is 169 Å². The minimum atomic E-state index is -0.519. The lowest BCUT2D eigenvalue weighted by molar-refractivity contribution is -0.162. The molecule has 0 unspecified atom stereocenters. The van der Waals surface area contributed by atoms with Gasteiger partial charge in [-0.05, 0) is 150 Å². The molecule has 5 heterocycles. The Balaban J connectivity index is 0.000000181. The zero-order valence-electron chi connectivity index (χ0n) is 39.9. The van der Waals surface area contributed by atoms with Crippen LogP contribution in [-0.2, 0) is 47.0 Å². The number of hydrogen-bond donors (Lipinski definition) is 0. The maximum Gasteiger partial charge on any atom is 0.496 e. The van der Waals surface area contributed by atoms with Gasteiger partial charge in [0.15, 0.2) is 0 Å². The van der Waals surface area contributed by atoms with Gasteiger partial charge in [0.1, 0.15) is 24.0 Å². The van der Waals surface area contributed by atoms with Crippen LogP contribution in [0.15, 0.2) is 29.0 Å². The van der Waals surface area contributed by atoms with E-state index in [-0.39, 0.29) is 34.3 Å². The molecule has 2 aromatic rings. The molecule has 0 spiro atoms. The lowest BCUT2D eigenvalue weighted by atomic mass is 9.49. The highest BCUT2D eigenvalue weighted by Gasteiger charge is 2.64. The van der Waals surface area contributed by atoms with E-state index in [2.05, 4.69) is 25.9 Å². The normalized spacial score (nSPS) is 23.7. The number of carbonyl (C=O) groups is 2. The van der Waals surface area contributed by atoms with Gasteiger partial charge >= 0.3 is 33.1 Å². The summed E-state index contributed by atoms with van der Waals surface area (Å²) in [4.78, 5) is 32.3. The van der Waals surface area contributed by atoms with E-state index in [1.54, 1.807) is 12.4 Å². The Morgan fingerprint density at radius 1 is 0.581 bits per heavy atom. The van der Waals surface area contributed by atoms with E-state index in [1.165, 1.54) is 14.2 Å². The minimum absolute atomic E-state index is 0.178. The van der Waals surface area contributed by atoms with E-state index >= 15 is 0 Å². The number of aryl methyl sites for hydroxylation is 2. The number of nitrogens with zero attached hydrogens (tertiary/aromatic N) is 2. The highest BCUT2D eigenvalue weighted by atomic mass is 79.9. The second-order valence-electron chi connectivity index (χ2n) is 20.3. The molecule has 7 rings (SSSR count). The molecular formula is C44H68B3BrN2O12. The number of esters is 2. The van der Waals surface area contributed by atoms with Crippen molar-refractivity contribution in [2.75, 3.05) is 27.4 Å². The fourth-order valence-corrected chi connectivity index (χ4v) is 7.52. The molecule has 2 aromatic heterocycles. The molecule has 62 heavy (non-hydrogen) atoms. The number of aromatic nitrogens is 2. The Kier molecular flexibility index (Phi) is 14.8. The van der Waals surface area contributed by atoms with E-state index in [1.807, 2.05) is 109 Å². The fourth-order valence-electron chi connectivity index (χ4n) is 7.31. The molecule has 2 saturated carbocycles. The van der Waals surface area contributed by atoms with Crippen molar-refractivity contribution >= 4 is 54.5 Å². The number of carbonyl (C=O) groups excluding carboxylic acids is 2. The van der Waals surface area contributed by atoms with Crippen molar-refractivity contribution in [2.24, 2.45) is 10.8 Å². The maximum atomic E-state index is 12.0. The van der Waals surface area contributed by atoms with Gasteiger partial charge in [0, 0.05) is 34.5 Å². The lowest BCUT2D eigenvalue weighted by Gasteiger charge is -2.38. The smallest absolute Gasteiger partial charge is 0.476 e. The molecule has 0 radical (unpaired) electrons. The first-order chi connectivity index (χ1) is 28.6. The molecule has 0 atom stereocenters. The van der Waals surface area contributed by atoms with Crippen LogP contribution in [0.1, 0.15) is 133 Å². The van der Waals surface area contributed by atoms with Gasteiger partial charge in [-0.15, -0.1) is 0 Å². The Morgan fingerprint density at radius 2 is 0.919 bits per heavy atom. The highest BCUT2D eigenvalue weighted by molar-refractivity contribution is 9.10. The molecule has 5 aliphatic rings. The summed E-state index contributed by atoms with van der Waals surface area (Å²) < 4.78 is 58.2. The van der Waals surface area contributed by atoms with Crippen molar-refractivity contribution in [1.82, 2.24) is 9.97 Å². The molecule has 0 aromatic carbocycles. The van der Waals surface area contributed by atoms with Crippen molar-refractivity contribution < 1.29 is 56.5 Å². The SMILES string of the molecule is CC1(C)OB(B2OC(C)(C)C(C)(C)O2)OC1(C)C.COC(=O)C1(COc2cc(C)c(B3OC(C)(C)C(C)(C)O3)cn2)CCC1.COC(=O)C1(COc2cc(C)c(Br)cn2)CCC1. The molecule has 5 fully saturated rings. The molecule has 0 amide bonds. The van der Waals surface area contributed by atoms with Crippen LogP contribution < -0.4 is 14.9 Å². The second-order valence-corrected chi connectivity index (χ2v) is 21.2. The van der Waals surface area contributed by atoms with Crippen molar-refractivity contribution in [1.29, 1.82) is 0 Å². The standard InChI is InChI=1S/C19H28BNO5.C13H16BrNO3.C12H24B2O4/c1-13-10-15(24-12-19(8-7-9-19)16(22)23-6)21-11-14(13)20-25-17(2,3)18(4,5)26-20;1-9-6-11(15-7-10(9)14)18-8-13(4-3-5-13)12(16)17-2;1-9(2)10(3,4)16-13(15-9)14-17-11(5,6)12(7,8)18-14/h10-11H,7-9,12H2,1-6H3;6-7H,3-5,8H2,1-2H3;1-8H3. The van der Waals surface area contributed by atoms with Gasteiger partial charge in [0.05, 0.1) is 47.8 Å². The van der Waals surface area contributed by atoms with Crippen molar-refractivity contribution in [3.05, 3.63) is 40.1 Å². The summed E-state index contributed by atoms with van der Waals surface area (Å²) in [6, 6.07) is 3.72. The topological polar surface area (TPSA) is 152 Å². The van der Waals surface area contributed by atoms with Crippen LogP contribution in [-0.4, -0.2) is 104 Å². The van der Waals surface area contributed by atoms with E-state index in [4.69, 9.17) is 46.9 Å². The molecule has 3 aliphatic heterocycles. The zero-order valence-corrected chi connectivity index (χ0v) is 41.5. The predicted octanol–water partition coefficient (Wildman–Crippen LogP) is 7.54. The van der Waals surface area contributed by atoms with Gasteiger partial charge in [0.25, 0.3) is 0 Å². The van der Waals surface area contributed by atoms with Crippen LogP contribution in [0.5, 0.6) is 11.8 Å². The molecule has 18 heteroatoms. The van der Waals surface area contributed by atoms with Crippen LogP contribution in [0.3, 0.4) is 0 Å². The number of ether oxygens (including phenoxy) is 4. The van der Waals surface area contributed by atoms with Crippen molar-refractivity contribution in [3.63, 3.8) is 0 Å². The molecule has 14 nitrogen and oxygen atoms in total. The van der Waals surface area contributed by atoms with Crippen LogP contribution in [0.4, 0.5) is 0 Å². The number of halogens is 1. The van der Waals surface area contributed by atoms with Crippen LogP contribution in [0.2, 0.25) is 0 Å². The number of hydrogen-bond acceptors (Lipinski definition) is 14. The van der Waals surface area contributed by atoms with Crippen LogP contribution in [0.25, 0.3) is 0 Å². The first-order valence-electron chi connectivity index (χ1n) is 21.6. The van der Waals surface area contributed by atoms with E-state index in [9.17, 15) is 9.59 Å². The number of methoxy groups -OCH3 is 2. The monoisotopic (exact) mass is 928 g/mol. The Hall–Kier alpha value is -2.73. The summed E-state index contributed by atoms with van der Waals surface area (Å²) in [5, 5.41) is 0. The quantitative estimate of drug-likeness (QED) is 0.170. The summed E-state index contributed by atoms with van der Waals surface area (Å²) in [6.45, 7) is 28.9. The van der Waals surface area contributed by atoms with E-state index in [0.717, 1.165) is 59.6 Å². The third kappa shape index (κ3) is 10.4. The van der Waals surface area contributed by atoms with Gasteiger partial charge in [-0.2, -0.15) is 0 Å². The molecule has 2 aliphatic carbocycles. The maximum absolute atomic E-state index is 12.0. The summed E-state index contributed by atoms with van der Waals surface area (Å²) in [5.41, 5.74) is -0.276. The fraction of sp³-hybridized carbons (Fsp3) is 0.727. The first kappa shape index (κ1) is 50.3. The zero-order chi connectivity index (χ0) is 46.3. The third-order valence-electron chi connectivity index (χ3n) is 14.3. The Morgan fingerprint density at radius 3 is 1.23 bits per heavy atom. The number of pyridine rings is 2. The first-order valence-corrected chi connectivity index (χ1v) is 22.4. The van der Waals surface area contributed by atoms with Crippen LogP contribution >= 0.6 is 15.9 Å².